The van der Waals surface area contributed by atoms with Gasteiger partial charge in [-0.25, -0.2) is 8.42 Å². The maximum atomic E-state index is 13.7. The number of ether oxygens (including phenoxy) is 1. The first-order valence-electron chi connectivity index (χ1n) is 10.7. The first kappa shape index (κ1) is 24.5. The van der Waals surface area contributed by atoms with Crippen molar-refractivity contribution >= 4 is 21.6 Å². The lowest BCUT2D eigenvalue weighted by atomic mass is 10.1. The monoisotopic (exact) mass is 466 g/mol. The van der Waals surface area contributed by atoms with Crippen LogP contribution in [-0.2, 0) is 21.4 Å². The average molecular weight is 467 g/mol. The quantitative estimate of drug-likeness (QED) is 0.519. The van der Waals surface area contributed by atoms with Crippen LogP contribution in [0, 0.1) is 27.7 Å². The highest BCUT2D eigenvalue weighted by Crippen LogP contribution is 2.29. The van der Waals surface area contributed by atoms with E-state index in [0.717, 1.165) is 27.8 Å². The Labute approximate surface area is 196 Å². The minimum Gasteiger partial charge on any atom is -0.495 e. The van der Waals surface area contributed by atoms with Gasteiger partial charge < -0.3 is 10.1 Å². The van der Waals surface area contributed by atoms with E-state index < -0.39 is 15.9 Å². The van der Waals surface area contributed by atoms with Gasteiger partial charge in [-0.15, -0.1) is 0 Å². The fourth-order valence-electron chi connectivity index (χ4n) is 3.85. The average Bonchev–Trinajstić information content (AvgIpc) is 2.76. The van der Waals surface area contributed by atoms with E-state index in [-0.39, 0.29) is 23.7 Å². The number of nitrogens with zero attached hydrogens (tertiary/aromatic N) is 1. The van der Waals surface area contributed by atoms with Crippen LogP contribution in [0.25, 0.3) is 0 Å². The van der Waals surface area contributed by atoms with Crippen LogP contribution in [0.3, 0.4) is 0 Å². The van der Waals surface area contributed by atoms with Crippen molar-refractivity contribution in [2.24, 2.45) is 0 Å². The third-order valence-electron chi connectivity index (χ3n) is 5.40. The highest BCUT2D eigenvalue weighted by Gasteiger charge is 2.30. The number of benzene rings is 3. The molecule has 0 fully saturated rings. The van der Waals surface area contributed by atoms with Crippen LogP contribution in [0.4, 0.5) is 5.69 Å². The van der Waals surface area contributed by atoms with E-state index >= 15 is 0 Å². The molecule has 0 heterocycles. The summed E-state index contributed by atoms with van der Waals surface area (Å²) in [5.74, 6) is -0.166. The second-order valence-corrected chi connectivity index (χ2v) is 10.1. The third kappa shape index (κ3) is 5.80. The zero-order valence-corrected chi connectivity index (χ0v) is 20.5. The third-order valence-corrected chi connectivity index (χ3v) is 7.21. The molecule has 0 aliphatic carbocycles. The number of hydrogen-bond donors (Lipinski definition) is 1. The molecular weight excluding hydrogens is 436 g/mol. The van der Waals surface area contributed by atoms with Gasteiger partial charge in [0, 0.05) is 12.2 Å². The number of amides is 1. The normalized spacial score (nSPS) is 11.5. The van der Waals surface area contributed by atoms with E-state index in [2.05, 4.69) is 5.32 Å². The molecule has 3 rings (SSSR count). The SMILES string of the molecule is COc1ccc(C)cc1S(=O)(=O)N(CC(=O)Nc1c(C)cc(C)cc1C)Cc1ccccc1. The van der Waals surface area contributed by atoms with Gasteiger partial charge in [0.25, 0.3) is 0 Å². The van der Waals surface area contributed by atoms with E-state index in [9.17, 15) is 13.2 Å². The summed E-state index contributed by atoms with van der Waals surface area (Å²) in [4.78, 5) is 13.1. The highest BCUT2D eigenvalue weighted by atomic mass is 32.2. The molecule has 0 atom stereocenters. The van der Waals surface area contributed by atoms with Gasteiger partial charge in [0.2, 0.25) is 15.9 Å². The molecule has 0 saturated carbocycles. The summed E-state index contributed by atoms with van der Waals surface area (Å²) >= 11 is 0. The zero-order chi connectivity index (χ0) is 24.2. The molecule has 3 aromatic carbocycles. The van der Waals surface area contributed by atoms with Crippen LogP contribution in [0.15, 0.2) is 65.6 Å². The van der Waals surface area contributed by atoms with Crippen LogP contribution in [0.5, 0.6) is 5.75 Å². The molecule has 0 aliphatic rings. The molecule has 3 aromatic rings. The van der Waals surface area contributed by atoms with Gasteiger partial charge in [-0.05, 0) is 62.1 Å². The predicted molar refractivity (Wildman–Crippen MR) is 131 cm³/mol. The first-order valence-corrected chi connectivity index (χ1v) is 12.1. The van der Waals surface area contributed by atoms with Crippen molar-refractivity contribution in [1.29, 1.82) is 0 Å². The number of aryl methyl sites for hydroxylation is 4. The Bertz CT molecular complexity index is 1230. The summed E-state index contributed by atoms with van der Waals surface area (Å²) in [6, 6.07) is 18.2. The van der Waals surface area contributed by atoms with Crippen molar-refractivity contribution < 1.29 is 17.9 Å². The van der Waals surface area contributed by atoms with Crippen LogP contribution in [-0.4, -0.2) is 32.3 Å². The molecule has 174 valence electrons. The van der Waals surface area contributed by atoms with Crippen molar-refractivity contribution in [2.75, 3.05) is 19.0 Å². The van der Waals surface area contributed by atoms with E-state index in [4.69, 9.17) is 4.74 Å². The maximum absolute atomic E-state index is 13.7. The Balaban J connectivity index is 1.97. The second kappa shape index (κ2) is 10.2. The lowest BCUT2D eigenvalue weighted by Gasteiger charge is -2.24. The number of hydrogen-bond acceptors (Lipinski definition) is 4. The number of nitrogens with one attached hydrogen (secondary N) is 1. The maximum Gasteiger partial charge on any atom is 0.247 e. The molecular formula is C26H30N2O4S. The van der Waals surface area contributed by atoms with Gasteiger partial charge in [-0.1, -0.05) is 54.1 Å². The highest BCUT2D eigenvalue weighted by molar-refractivity contribution is 7.89. The molecule has 6 nitrogen and oxygen atoms in total. The second-order valence-electron chi connectivity index (χ2n) is 8.23. The van der Waals surface area contributed by atoms with Crippen LogP contribution < -0.4 is 10.1 Å². The summed E-state index contributed by atoms with van der Waals surface area (Å²) in [5.41, 5.74) is 5.23. The molecule has 0 unspecified atom stereocenters. The van der Waals surface area contributed by atoms with Gasteiger partial charge in [0.1, 0.15) is 10.6 Å². The molecule has 0 aliphatic heterocycles. The molecule has 0 spiro atoms. The summed E-state index contributed by atoms with van der Waals surface area (Å²) in [7, 11) is -2.60. The minimum absolute atomic E-state index is 0.0384. The number of anilines is 1. The Morgan fingerprint density at radius 2 is 1.55 bits per heavy atom. The van der Waals surface area contributed by atoms with Gasteiger partial charge in [0.15, 0.2) is 0 Å². The number of methoxy groups -OCH3 is 1. The Hall–Kier alpha value is -3.16. The molecule has 0 saturated heterocycles. The summed E-state index contributed by atoms with van der Waals surface area (Å²) in [6.07, 6.45) is 0. The van der Waals surface area contributed by atoms with Gasteiger partial charge in [0.05, 0.1) is 13.7 Å². The summed E-state index contributed by atoms with van der Waals surface area (Å²) < 4.78 is 33.9. The van der Waals surface area contributed by atoms with Gasteiger partial charge in [-0.3, -0.25) is 4.79 Å². The summed E-state index contributed by atoms with van der Waals surface area (Å²) in [6.45, 7) is 7.38. The summed E-state index contributed by atoms with van der Waals surface area (Å²) in [5, 5.41) is 2.91. The van der Waals surface area contributed by atoms with E-state index in [1.165, 1.54) is 11.4 Å². The van der Waals surface area contributed by atoms with Crippen LogP contribution in [0.1, 0.15) is 27.8 Å². The number of sulfonamides is 1. The zero-order valence-electron chi connectivity index (χ0n) is 19.7. The van der Waals surface area contributed by atoms with Crippen molar-refractivity contribution in [2.45, 2.75) is 39.1 Å². The van der Waals surface area contributed by atoms with Crippen LogP contribution >= 0.6 is 0 Å². The molecule has 1 amide bonds. The Kier molecular flexibility index (Phi) is 7.56. The van der Waals surface area contributed by atoms with Crippen molar-refractivity contribution in [3.8, 4) is 5.75 Å². The van der Waals surface area contributed by atoms with Gasteiger partial charge >= 0.3 is 0 Å². The fourth-order valence-corrected chi connectivity index (χ4v) is 5.48. The minimum atomic E-state index is -4.03. The van der Waals surface area contributed by atoms with Crippen molar-refractivity contribution in [1.82, 2.24) is 4.31 Å². The lowest BCUT2D eigenvalue weighted by Crippen LogP contribution is -2.38. The molecule has 33 heavy (non-hydrogen) atoms. The van der Waals surface area contributed by atoms with E-state index in [1.807, 2.05) is 70.2 Å². The Morgan fingerprint density at radius 3 is 2.15 bits per heavy atom. The standard InChI is InChI=1S/C26H30N2O4S/c1-18-11-12-23(32-5)24(15-18)33(30,31)28(16-22-9-7-6-8-10-22)17-25(29)27-26-20(3)13-19(2)14-21(26)4/h6-15H,16-17H2,1-5H3,(H,27,29). The number of rotatable bonds is 8. The lowest BCUT2D eigenvalue weighted by molar-refractivity contribution is -0.116. The van der Waals surface area contributed by atoms with Gasteiger partial charge in [-0.2, -0.15) is 4.31 Å². The largest absolute Gasteiger partial charge is 0.495 e. The fraction of sp³-hybridized carbons (Fsp3) is 0.269. The van der Waals surface area contributed by atoms with Crippen molar-refractivity contribution in [3.05, 3.63) is 88.5 Å². The molecule has 1 N–H and O–H groups in total. The van der Waals surface area contributed by atoms with E-state index in [1.54, 1.807) is 18.2 Å². The van der Waals surface area contributed by atoms with E-state index in [0.29, 0.717) is 5.69 Å². The number of carbonyl (C=O) groups is 1. The smallest absolute Gasteiger partial charge is 0.247 e. The van der Waals surface area contributed by atoms with Crippen molar-refractivity contribution in [3.63, 3.8) is 0 Å². The molecule has 7 heteroatoms. The first-order chi connectivity index (χ1) is 15.6. The molecule has 0 bridgehead atoms. The Morgan fingerprint density at radius 1 is 0.909 bits per heavy atom. The predicted octanol–water partition coefficient (Wildman–Crippen LogP) is 4.76. The molecule has 0 radical (unpaired) electrons. The number of carbonyl (C=O) groups excluding carboxylic acids is 1. The molecule has 0 aromatic heterocycles. The van der Waals surface area contributed by atoms with Crippen LogP contribution in [0.2, 0.25) is 0 Å². The topological polar surface area (TPSA) is 75.7 Å².